The van der Waals surface area contributed by atoms with Gasteiger partial charge in [-0.15, -0.1) is 0 Å². The maximum absolute atomic E-state index is 12.5. The zero-order valence-corrected chi connectivity index (χ0v) is 15.4. The molecule has 2 aromatic rings. The van der Waals surface area contributed by atoms with E-state index in [1.165, 1.54) is 0 Å². The van der Waals surface area contributed by atoms with Crippen LogP contribution in [-0.4, -0.2) is 17.7 Å². The molecule has 1 saturated carbocycles. The number of carbonyl (C=O) groups excluding carboxylic acids is 2. The number of hydrogen-bond acceptors (Lipinski definition) is 4. The van der Waals surface area contributed by atoms with Crippen molar-refractivity contribution in [1.82, 2.24) is 0 Å². The molecule has 0 saturated heterocycles. The summed E-state index contributed by atoms with van der Waals surface area (Å²) in [5.41, 5.74) is 0. The lowest BCUT2D eigenvalue weighted by Gasteiger charge is -2.23. The minimum atomic E-state index is -0.648. The summed E-state index contributed by atoms with van der Waals surface area (Å²) < 4.78 is 11.4. The average Bonchev–Trinajstić information content (AvgIpc) is 2.65. The minimum Gasteiger partial charge on any atom is -0.483 e. The van der Waals surface area contributed by atoms with Gasteiger partial charge in [-0.1, -0.05) is 18.0 Å². The Hall–Kier alpha value is -2.33. The predicted octanol–water partition coefficient (Wildman–Crippen LogP) is 5.23. The fourth-order valence-electron chi connectivity index (χ4n) is 3.05. The summed E-state index contributed by atoms with van der Waals surface area (Å²) in [7, 11) is 0. The van der Waals surface area contributed by atoms with E-state index in [4.69, 9.17) is 21.1 Å². The molecule has 1 aliphatic carbocycles. The van der Waals surface area contributed by atoms with E-state index in [1.807, 2.05) is 0 Å². The standard InChI is InChI=1S/C21H21ClO4/c1-14(21(24)19-4-2-3-5-20(19)23)25-16-10-12-18(13-11-16)26-17-8-6-15(22)7-9-17/h6-14,19H,2-5H2,1H3. The Balaban J connectivity index is 1.58. The van der Waals surface area contributed by atoms with Crippen molar-refractivity contribution in [2.24, 2.45) is 5.92 Å². The molecule has 0 N–H and O–H groups in total. The van der Waals surface area contributed by atoms with Crippen LogP contribution in [0.1, 0.15) is 32.6 Å². The summed E-state index contributed by atoms with van der Waals surface area (Å²) in [6, 6.07) is 14.1. The van der Waals surface area contributed by atoms with Gasteiger partial charge in [-0.3, -0.25) is 9.59 Å². The second-order valence-electron chi connectivity index (χ2n) is 6.45. The van der Waals surface area contributed by atoms with Crippen LogP contribution in [0.25, 0.3) is 0 Å². The Morgan fingerprint density at radius 3 is 2.19 bits per heavy atom. The molecule has 0 aromatic heterocycles. The molecule has 2 aromatic carbocycles. The van der Waals surface area contributed by atoms with Gasteiger partial charge in [0.15, 0.2) is 11.9 Å². The highest BCUT2D eigenvalue weighted by molar-refractivity contribution is 6.30. The highest BCUT2D eigenvalue weighted by Crippen LogP contribution is 2.27. The van der Waals surface area contributed by atoms with Gasteiger partial charge in [0, 0.05) is 11.4 Å². The monoisotopic (exact) mass is 372 g/mol. The molecular weight excluding hydrogens is 352 g/mol. The molecule has 0 heterocycles. The average molecular weight is 373 g/mol. The zero-order valence-electron chi connectivity index (χ0n) is 14.6. The summed E-state index contributed by atoms with van der Waals surface area (Å²) in [6.45, 7) is 1.70. The number of Topliss-reactive ketones (excluding diaryl/α,β-unsaturated/α-hetero) is 2. The Morgan fingerprint density at radius 1 is 1.00 bits per heavy atom. The van der Waals surface area contributed by atoms with Gasteiger partial charge >= 0.3 is 0 Å². The van der Waals surface area contributed by atoms with Crippen LogP contribution < -0.4 is 9.47 Å². The molecule has 26 heavy (non-hydrogen) atoms. The Kier molecular flexibility index (Phi) is 5.94. The SMILES string of the molecule is CC(Oc1ccc(Oc2ccc(Cl)cc2)cc1)C(=O)C1CCCCC1=O. The Labute approximate surface area is 158 Å². The molecule has 0 radical (unpaired) electrons. The largest absolute Gasteiger partial charge is 0.483 e. The van der Waals surface area contributed by atoms with Gasteiger partial charge in [0.2, 0.25) is 0 Å². The molecule has 1 fully saturated rings. The maximum Gasteiger partial charge on any atom is 0.183 e. The van der Waals surface area contributed by atoms with Crippen LogP contribution in [0, 0.1) is 5.92 Å². The van der Waals surface area contributed by atoms with Crippen LogP contribution >= 0.6 is 11.6 Å². The molecule has 2 unspecified atom stereocenters. The lowest BCUT2D eigenvalue weighted by atomic mass is 9.83. The zero-order chi connectivity index (χ0) is 18.5. The van der Waals surface area contributed by atoms with Crippen molar-refractivity contribution in [3.8, 4) is 17.2 Å². The number of hydrogen-bond donors (Lipinski definition) is 0. The third kappa shape index (κ3) is 4.64. The first-order valence-electron chi connectivity index (χ1n) is 8.79. The summed E-state index contributed by atoms with van der Waals surface area (Å²) in [5.74, 6) is 1.31. The molecule has 4 nitrogen and oxygen atoms in total. The first kappa shape index (κ1) is 18.5. The normalized spacial score (nSPS) is 18.2. The Morgan fingerprint density at radius 2 is 1.58 bits per heavy atom. The maximum atomic E-state index is 12.5. The van der Waals surface area contributed by atoms with E-state index in [0.717, 1.165) is 12.8 Å². The molecule has 0 aliphatic heterocycles. The topological polar surface area (TPSA) is 52.6 Å². The molecule has 3 rings (SSSR count). The lowest BCUT2D eigenvalue weighted by Crippen LogP contribution is -2.36. The van der Waals surface area contributed by atoms with Crippen LogP contribution in [0.4, 0.5) is 0 Å². The molecule has 136 valence electrons. The van der Waals surface area contributed by atoms with E-state index in [9.17, 15) is 9.59 Å². The molecular formula is C21H21ClO4. The first-order chi connectivity index (χ1) is 12.5. The predicted molar refractivity (Wildman–Crippen MR) is 100 cm³/mol. The van der Waals surface area contributed by atoms with Gasteiger partial charge in [0.05, 0.1) is 5.92 Å². The second kappa shape index (κ2) is 8.37. The van der Waals surface area contributed by atoms with E-state index < -0.39 is 12.0 Å². The number of benzene rings is 2. The highest BCUT2D eigenvalue weighted by Gasteiger charge is 2.32. The van der Waals surface area contributed by atoms with Crippen molar-refractivity contribution in [2.75, 3.05) is 0 Å². The van der Waals surface area contributed by atoms with E-state index in [-0.39, 0.29) is 11.6 Å². The van der Waals surface area contributed by atoms with Crippen LogP contribution in [0.2, 0.25) is 5.02 Å². The third-order valence-corrected chi connectivity index (χ3v) is 4.74. The van der Waals surface area contributed by atoms with E-state index >= 15 is 0 Å². The van der Waals surface area contributed by atoms with Crippen LogP contribution in [0.5, 0.6) is 17.2 Å². The molecule has 1 aliphatic rings. The second-order valence-corrected chi connectivity index (χ2v) is 6.89. The van der Waals surface area contributed by atoms with Crippen molar-refractivity contribution in [3.05, 3.63) is 53.6 Å². The summed E-state index contributed by atoms with van der Waals surface area (Å²) in [6.07, 6.45) is 2.29. The first-order valence-corrected chi connectivity index (χ1v) is 9.17. The minimum absolute atomic E-state index is 0.0448. The van der Waals surface area contributed by atoms with Crippen LogP contribution in [0.3, 0.4) is 0 Å². The number of carbonyl (C=O) groups is 2. The summed E-state index contributed by atoms with van der Waals surface area (Å²) >= 11 is 5.85. The number of ether oxygens (including phenoxy) is 2. The fourth-order valence-corrected chi connectivity index (χ4v) is 3.18. The molecule has 0 bridgehead atoms. The van der Waals surface area contributed by atoms with Gasteiger partial charge in [-0.25, -0.2) is 0 Å². The van der Waals surface area contributed by atoms with Crippen molar-refractivity contribution in [2.45, 2.75) is 38.7 Å². The third-order valence-electron chi connectivity index (χ3n) is 4.48. The van der Waals surface area contributed by atoms with Crippen molar-refractivity contribution >= 4 is 23.2 Å². The van der Waals surface area contributed by atoms with Gasteiger partial charge < -0.3 is 9.47 Å². The van der Waals surface area contributed by atoms with Crippen molar-refractivity contribution in [3.63, 3.8) is 0 Å². The number of rotatable bonds is 6. The van der Waals surface area contributed by atoms with E-state index in [2.05, 4.69) is 0 Å². The van der Waals surface area contributed by atoms with Gasteiger partial charge in [-0.2, -0.15) is 0 Å². The van der Waals surface area contributed by atoms with Gasteiger partial charge in [-0.05, 0) is 68.3 Å². The molecule has 2 atom stereocenters. The smallest absolute Gasteiger partial charge is 0.183 e. The van der Waals surface area contributed by atoms with Gasteiger partial charge in [0.25, 0.3) is 0 Å². The highest BCUT2D eigenvalue weighted by atomic mass is 35.5. The van der Waals surface area contributed by atoms with Crippen LogP contribution in [0.15, 0.2) is 48.5 Å². The number of ketones is 2. The van der Waals surface area contributed by atoms with Crippen molar-refractivity contribution < 1.29 is 19.1 Å². The Bertz CT molecular complexity index is 768. The van der Waals surface area contributed by atoms with E-state index in [1.54, 1.807) is 55.5 Å². The van der Waals surface area contributed by atoms with Crippen molar-refractivity contribution in [1.29, 1.82) is 0 Å². The van der Waals surface area contributed by atoms with Gasteiger partial charge in [0.1, 0.15) is 23.0 Å². The van der Waals surface area contributed by atoms with E-state index in [0.29, 0.717) is 35.1 Å². The molecule has 0 spiro atoms. The molecule has 0 amide bonds. The fraction of sp³-hybridized carbons (Fsp3) is 0.333. The lowest BCUT2D eigenvalue weighted by molar-refractivity contribution is -0.138. The quantitative estimate of drug-likeness (QED) is 0.651. The number of halogens is 1. The summed E-state index contributed by atoms with van der Waals surface area (Å²) in [5, 5.41) is 0.649. The van der Waals surface area contributed by atoms with Crippen LogP contribution in [-0.2, 0) is 9.59 Å². The molecule has 5 heteroatoms. The summed E-state index contributed by atoms with van der Waals surface area (Å²) in [4.78, 5) is 24.4.